The number of likely N-dealkylation sites (tertiary alicyclic amines) is 1. The van der Waals surface area contributed by atoms with E-state index in [2.05, 4.69) is 43.4 Å². The number of anilines is 2. The second-order valence-electron chi connectivity index (χ2n) is 7.13. The number of rotatable bonds is 5. The van der Waals surface area contributed by atoms with E-state index >= 15 is 0 Å². The number of pyridine rings is 1. The van der Waals surface area contributed by atoms with Crippen molar-refractivity contribution in [3.63, 3.8) is 0 Å². The molecular formula is C22H24FN5. The van der Waals surface area contributed by atoms with E-state index in [1.807, 2.05) is 6.07 Å². The van der Waals surface area contributed by atoms with Crippen LogP contribution in [0.4, 0.5) is 16.0 Å². The number of hydrogen-bond donors (Lipinski definition) is 1. The summed E-state index contributed by atoms with van der Waals surface area (Å²) in [5, 5.41) is 3.28. The van der Waals surface area contributed by atoms with Gasteiger partial charge in [0.15, 0.2) is 0 Å². The summed E-state index contributed by atoms with van der Waals surface area (Å²) in [7, 11) is 0. The molecule has 5 nitrogen and oxygen atoms in total. The molecule has 3 aromatic rings. The molecule has 1 aromatic carbocycles. The summed E-state index contributed by atoms with van der Waals surface area (Å²) in [5.74, 6) is 0.297. The quantitative estimate of drug-likeness (QED) is 0.687. The van der Waals surface area contributed by atoms with Crippen LogP contribution in [0.1, 0.15) is 43.0 Å². The lowest BCUT2D eigenvalue weighted by Crippen LogP contribution is -2.28. The Balaban J connectivity index is 1.55. The van der Waals surface area contributed by atoms with Crippen molar-refractivity contribution >= 4 is 11.6 Å². The molecule has 0 radical (unpaired) electrons. The van der Waals surface area contributed by atoms with Gasteiger partial charge in [-0.3, -0.25) is 9.88 Å². The molecule has 1 aliphatic rings. The van der Waals surface area contributed by atoms with Crippen LogP contribution in [0.3, 0.4) is 0 Å². The molecule has 1 unspecified atom stereocenters. The molecule has 0 aliphatic carbocycles. The van der Waals surface area contributed by atoms with E-state index in [4.69, 9.17) is 0 Å². The zero-order chi connectivity index (χ0) is 19.2. The molecule has 1 N–H and O–H groups in total. The minimum Gasteiger partial charge on any atom is -0.324 e. The third kappa shape index (κ3) is 4.70. The standard InChI is InChI=1S/C22H24FN5/c23-18-9-10-20(26-15-18)16-28-13-3-1-2-8-21(28)17-6-4-7-19(14-17)27-22-24-11-5-12-25-22/h4-7,9-12,14-15,21H,1-3,8,13,16H2,(H,24,25,27). The van der Waals surface area contributed by atoms with Crippen LogP contribution in [0.2, 0.25) is 0 Å². The van der Waals surface area contributed by atoms with Gasteiger partial charge in [0.2, 0.25) is 5.95 Å². The second kappa shape index (κ2) is 8.89. The summed E-state index contributed by atoms with van der Waals surface area (Å²) in [5.41, 5.74) is 3.15. The van der Waals surface area contributed by atoms with E-state index in [-0.39, 0.29) is 5.82 Å². The molecule has 0 bridgehead atoms. The molecule has 1 saturated heterocycles. The van der Waals surface area contributed by atoms with Crippen LogP contribution in [0.5, 0.6) is 0 Å². The Kier molecular flexibility index (Phi) is 5.87. The Morgan fingerprint density at radius 2 is 1.89 bits per heavy atom. The Labute approximate surface area is 164 Å². The van der Waals surface area contributed by atoms with Gasteiger partial charge in [0.1, 0.15) is 5.82 Å². The van der Waals surface area contributed by atoms with Gasteiger partial charge in [0, 0.05) is 30.7 Å². The van der Waals surface area contributed by atoms with Crippen molar-refractivity contribution in [3.05, 3.63) is 78.1 Å². The minimum atomic E-state index is -0.293. The highest BCUT2D eigenvalue weighted by Gasteiger charge is 2.23. The van der Waals surface area contributed by atoms with Gasteiger partial charge in [-0.25, -0.2) is 14.4 Å². The Morgan fingerprint density at radius 3 is 2.71 bits per heavy atom. The molecule has 144 valence electrons. The number of nitrogens with zero attached hydrogens (tertiary/aromatic N) is 4. The van der Waals surface area contributed by atoms with Gasteiger partial charge >= 0.3 is 0 Å². The fourth-order valence-electron chi connectivity index (χ4n) is 3.76. The van der Waals surface area contributed by atoms with Crippen molar-refractivity contribution in [1.29, 1.82) is 0 Å². The first-order chi connectivity index (χ1) is 13.8. The van der Waals surface area contributed by atoms with Crippen molar-refractivity contribution in [1.82, 2.24) is 19.9 Å². The van der Waals surface area contributed by atoms with E-state index in [9.17, 15) is 4.39 Å². The lowest BCUT2D eigenvalue weighted by atomic mass is 10.00. The number of halogens is 1. The van der Waals surface area contributed by atoms with E-state index in [0.717, 1.165) is 30.9 Å². The van der Waals surface area contributed by atoms with Gasteiger partial charge in [-0.15, -0.1) is 0 Å². The molecule has 1 aliphatic heterocycles. The van der Waals surface area contributed by atoms with Crippen LogP contribution >= 0.6 is 0 Å². The van der Waals surface area contributed by atoms with E-state index in [1.54, 1.807) is 24.5 Å². The van der Waals surface area contributed by atoms with E-state index in [0.29, 0.717) is 12.0 Å². The molecular weight excluding hydrogens is 353 g/mol. The monoisotopic (exact) mass is 377 g/mol. The van der Waals surface area contributed by atoms with Crippen molar-refractivity contribution in [2.75, 3.05) is 11.9 Å². The zero-order valence-corrected chi connectivity index (χ0v) is 15.8. The summed E-state index contributed by atoms with van der Waals surface area (Å²) < 4.78 is 13.2. The Hall–Kier alpha value is -2.86. The minimum absolute atomic E-state index is 0.293. The van der Waals surface area contributed by atoms with Gasteiger partial charge in [-0.05, 0) is 55.3 Å². The first kappa shape index (κ1) is 18.5. The van der Waals surface area contributed by atoms with Crippen LogP contribution in [-0.4, -0.2) is 26.4 Å². The van der Waals surface area contributed by atoms with Crippen molar-refractivity contribution < 1.29 is 4.39 Å². The van der Waals surface area contributed by atoms with Crippen LogP contribution in [0, 0.1) is 5.82 Å². The molecule has 0 amide bonds. The number of hydrogen-bond acceptors (Lipinski definition) is 5. The second-order valence-corrected chi connectivity index (χ2v) is 7.13. The van der Waals surface area contributed by atoms with Gasteiger partial charge < -0.3 is 5.32 Å². The number of aromatic nitrogens is 3. The van der Waals surface area contributed by atoms with Crippen molar-refractivity contribution in [2.45, 2.75) is 38.3 Å². The topological polar surface area (TPSA) is 53.9 Å². The zero-order valence-electron chi connectivity index (χ0n) is 15.8. The highest BCUT2D eigenvalue weighted by Crippen LogP contribution is 2.32. The molecule has 0 saturated carbocycles. The Bertz CT molecular complexity index is 885. The summed E-state index contributed by atoms with van der Waals surface area (Å²) >= 11 is 0. The third-order valence-corrected chi connectivity index (χ3v) is 5.11. The van der Waals surface area contributed by atoms with Crippen LogP contribution < -0.4 is 5.32 Å². The highest BCUT2D eigenvalue weighted by atomic mass is 19.1. The SMILES string of the molecule is Fc1ccc(CN2CCCCCC2c2cccc(Nc3ncccn3)c2)nc1. The first-order valence-corrected chi connectivity index (χ1v) is 9.76. The molecule has 6 heteroatoms. The molecule has 2 aromatic heterocycles. The Morgan fingerprint density at radius 1 is 1.00 bits per heavy atom. The number of nitrogens with one attached hydrogen (secondary N) is 1. The lowest BCUT2D eigenvalue weighted by molar-refractivity contribution is 0.190. The first-order valence-electron chi connectivity index (χ1n) is 9.76. The maximum atomic E-state index is 13.2. The lowest BCUT2D eigenvalue weighted by Gasteiger charge is -2.30. The fourth-order valence-corrected chi connectivity index (χ4v) is 3.76. The van der Waals surface area contributed by atoms with Gasteiger partial charge in [-0.1, -0.05) is 25.0 Å². The fraction of sp³-hybridized carbons (Fsp3) is 0.318. The smallest absolute Gasteiger partial charge is 0.227 e. The maximum absolute atomic E-state index is 13.2. The van der Waals surface area contributed by atoms with Gasteiger partial charge in [0.25, 0.3) is 0 Å². The van der Waals surface area contributed by atoms with Gasteiger partial charge in [0.05, 0.1) is 11.9 Å². The van der Waals surface area contributed by atoms with E-state index in [1.165, 1.54) is 37.1 Å². The largest absolute Gasteiger partial charge is 0.324 e. The van der Waals surface area contributed by atoms with Gasteiger partial charge in [-0.2, -0.15) is 0 Å². The van der Waals surface area contributed by atoms with Crippen LogP contribution in [0.15, 0.2) is 61.1 Å². The predicted octanol–water partition coefficient (Wildman–Crippen LogP) is 4.87. The highest BCUT2D eigenvalue weighted by molar-refractivity contribution is 5.54. The van der Waals surface area contributed by atoms with Crippen molar-refractivity contribution in [2.24, 2.45) is 0 Å². The van der Waals surface area contributed by atoms with Crippen molar-refractivity contribution in [3.8, 4) is 0 Å². The summed E-state index contributed by atoms with van der Waals surface area (Å²) in [6.07, 6.45) is 9.47. The summed E-state index contributed by atoms with van der Waals surface area (Å²) in [6, 6.07) is 13.8. The molecule has 4 rings (SSSR count). The molecule has 0 spiro atoms. The average Bonchev–Trinajstić information content (AvgIpc) is 2.96. The van der Waals surface area contributed by atoms with E-state index < -0.39 is 0 Å². The van der Waals surface area contributed by atoms with Crippen LogP contribution in [-0.2, 0) is 6.54 Å². The normalized spacial score (nSPS) is 17.8. The maximum Gasteiger partial charge on any atom is 0.227 e. The average molecular weight is 377 g/mol. The summed E-state index contributed by atoms with van der Waals surface area (Å²) in [6.45, 7) is 1.74. The third-order valence-electron chi connectivity index (χ3n) is 5.11. The molecule has 1 fully saturated rings. The number of benzene rings is 1. The summed E-state index contributed by atoms with van der Waals surface area (Å²) in [4.78, 5) is 15.2. The van der Waals surface area contributed by atoms with Crippen LogP contribution in [0.25, 0.3) is 0 Å². The molecule has 1 atom stereocenters. The molecule has 3 heterocycles. The molecule has 28 heavy (non-hydrogen) atoms. The predicted molar refractivity (Wildman–Crippen MR) is 108 cm³/mol.